The molecule has 3 rings (SSSR count). The fraction of sp³-hybridized carbons (Fsp3) is 0.167. The smallest absolute Gasteiger partial charge is 0.312 e. The molecule has 0 aliphatic rings. The Labute approximate surface area is 172 Å². The summed E-state index contributed by atoms with van der Waals surface area (Å²) in [5.74, 6) is -0.150. The molecule has 3 aromatic rings. The molecule has 0 bridgehead atoms. The van der Waals surface area contributed by atoms with Gasteiger partial charge in [0.15, 0.2) is 0 Å². The lowest BCUT2D eigenvalue weighted by Gasteiger charge is -2.08. The van der Waals surface area contributed by atoms with Crippen molar-refractivity contribution in [3.05, 3.63) is 71.7 Å². The van der Waals surface area contributed by atoms with Gasteiger partial charge in [-0.2, -0.15) is 9.78 Å². The summed E-state index contributed by atoms with van der Waals surface area (Å²) in [6.07, 6.45) is 2.54. The van der Waals surface area contributed by atoms with Crippen LogP contribution in [0, 0.1) is 10.1 Å². The summed E-state index contributed by atoms with van der Waals surface area (Å²) in [7, 11) is 0. The van der Waals surface area contributed by atoms with Crippen LogP contribution < -0.4 is 5.56 Å². The van der Waals surface area contributed by atoms with Crippen LogP contribution in [0.15, 0.2) is 44.7 Å². The third-order valence-corrected chi connectivity index (χ3v) is 4.71. The minimum atomic E-state index is -0.748. The average molecular weight is 466 g/mol. The van der Waals surface area contributed by atoms with Crippen molar-refractivity contribution < 1.29 is 10.0 Å². The fourth-order valence-electron chi connectivity index (χ4n) is 2.64. The molecule has 1 heterocycles. The van der Waals surface area contributed by atoms with Crippen molar-refractivity contribution in [1.29, 1.82) is 0 Å². The monoisotopic (exact) mass is 464 g/mol. The third-order valence-electron chi connectivity index (χ3n) is 3.93. The van der Waals surface area contributed by atoms with Gasteiger partial charge in [0.1, 0.15) is 5.82 Å². The maximum absolute atomic E-state index is 12.9. The molecular weight excluding hydrogens is 452 g/mol. The van der Waals surface area contributed by atoms with Crippen molar-refractivity contribution in [2.75, 3.05) is 0 Å². The summed E-state index contributed by atoms with van der Waals surface area (Å²) < 4.78 is 1.91. The Morgan fingerprint density at radius 3 is 2.82 bits per heavy atom. The Morgan fingerprint density at radius 2 is 2.14 bits per heavy atom. The number of phenols is 1. The van der Waals surface area contributed by atoms with E-state index in [9.17, 15) is 20.0 Å². The molecule has 0 spiro atoms. The second-order valence-electron chi connectivity index (χ2n) is 5.93. The van der Waals surface area contributed by atoms with Crippen LogP contribution in [0.1, 0.15) is 24.7 Å². The highest BCUT2D eigenvalue weighted by atomic mass is 79.9. The van der Waals surface area contributed by atoms with Crippen LogP contribution in [0.5, 0.6) is 5.75 Å². The van der Waals surface area contributed by atoms with E-state index in [-0.39, 0.29) is 16.1 Å². The number of aryl methyl sites for hydroxylation is 1. The highest BCUT2D eigenvalue weighted by Crippen LogP contribution is 2.34. The number of nitrogens with zero attached hydrogens (tertiary/aromatic N) is 4. The van der Waals surface area contributed by atoms with Crippen molar-refractivity contribution in [2.24, 2.45) is 5.10 Å². The first-order valence-corrected chi connectivity index (χ1v) is 9.41. The zero-order chi connectivity index (χ0) is 20.4. The van der Waals surface area contributed by atoms with Gasteiger partial charge in [-0.3, -0.25) is 14.9 Å². The van der Waals surface area contributed by atoms with E-state index in [0.717, 1.165) is 17.0 Å². The summed E-state index contributed by atoms with van der Waals surface area (Å²) in [6, 6.07) is 7.66. The van der Waals surface area contributed by atoms with Gasteiger partial charge in [0.25, 0.3) is 5.56 Å². The summed E-state index contributed by atoms with van der Waals surface area (Å²) >= 11 is 9.19. The number of aromatic nitrogens is 2. The Bertz CT molecular complexity index is 1180. The van der Waals surface area contributed by atoms with Gasteiger partial charge in [0, 0.05) is 22.5 Å². The lowest BCUT2D eigenvalue weighted by Crippen LogP contribution is -2.22. The fourth-order valence-corrected chi connectivity index (χ4v) is 3.23. The highest BCUT2D eigenvalue weighted by Gasteiger charge is 2.18. The number of phenolic OH excluding ortho intramolecular Hbond substituents is 1. The number of nitro benzene ring substituents is 1. The minimum absolute atomic E-state index is 0.183. The summed E-state index contributed by atoms with van der Waals surface area (Å²) in [5, 5.41) is 25.1. The molecule has 10 heteroatoms. The van der Waals surface area contributed by atoms with Crippen LogP contribution in [0.2, 0.25) is 5.02 Å². The van der Waals surface area contributed by atoms with Crippen LogP contribution in [-0.4, -0.2) is 25.9 Å². The van der Waals surface area contributed by atoms with E-state index in [1.165, 1.54) is 17.0 Å². The predicted molar refractivity (Wildman–Crippen MR) is 110 cm³/mol. The molecular formula is C18H14BrClN4O4. The van der Waals surface area contributed by atoms with Crippen molar-refractivity contribution in [1.82, 2.24) is 9.66 Å². The minimum Gasteiger partial charge on any atom is -0.501 e. The molecule has 1 N–H and O–H groups in total. The number of benzene rings is 2. The topological polar surface area (TPSA) is 111 Å². The lowest BCUT2D eigenvalue weighted by molar-refractivity contribution is -0.385. The van der Waals surface area contributed by atoms with Gasteiger partial charge < -0.3 is 5.11 Å². The quantitative estimate of drug-likeness (QED) is 0.344. The van der Waals surface area contributed by atoms with E-state index in [1.54, 1.807) is 18.2 Å². The summed E-state index contributed by atoms with van der Waals surface area (Å²) in [6.45, 7) is 1.95. The van der Waals surface area contributed by atoms with Crippen molar-refractivity contribution in [3.8, 4) is 5.75 Å². The van der Waals surface area contributed by atoms with Crippen LogP contribution in [0.4, 0.5) is 5.69 Å². The van der Waals surface area contributed by atoms with Crippen LogP contribution in [0.3, 0.4) is 0 Å². The van der Waals surface area contributed by atoms with Gasteiger partial charge in [-0.15, -0.1) is 0 Å². The summed E-state index contributed by atoms with van der Waals surface area (Å²) in [5.41, 5.74) is -0.0781. The van der Waals surface area contributed by atoms with E-state index in [4.69, 9.17) is 11.6 Å². The second-order valence-corrected chi connectivity index (χ2v) is 7.25. The van der Waals surface area contributed by atoms with Gasteiger partial charge in [-0.05, 0) is 30.7 Å². The molecule has 0 atom stereocenters. The molecule has 0 aliphatic carbocycles. The van der Waals surface area contributed by atoms with E-state index >= 15 is 0 Å². The molecule has 0 aliphatic heterocycles. The number of aromatic hydroxyl groups is 1. The Kier molecular flexibility index (Phi) is 5.76. The first kappa shape index (κ1) is 20.0. The molecule has 0 amide bonds. The van der Waals surface area contributed by atoms with Crippen molar-refractivity contribution >= 4 is 50.3 Å². The van der Waals surface area contributed by atoms with Gasteiger partial charge in [-0.25, -0.2) is 4.98 Å². The number of nitro groups is 1. The van der Waals surface area contributed by atoms with E-state index in [0.29, 0.717) is 23.1 Å². The molecule has 0 saturated carbocycles. The molecule has 0 unspecified atom stereocenters. The normalized spacial score (nSPS) is 11.4. The number of rotatable bonds is 5. The first-order chi connectivity index (χ1) is 13.3. The number of hydrogen-bond donors (Lipinski definition) is 1. The maximum atomic E-state index is 12.9. The zero-order valence-electron chi connectivity index (χ0n) is 14.6. The summed E-state index contributed by atoms with van der Waals surface area (Å²) in [4.78, 5) is 27.7. The number of hydrogen-bond acceptors (Lipinski definition) is 6. The Hall–Kier alpha value is -2.78. The highest BCUT2D eigenvalue weighted by molar-refractivity contribution is 9.10. The van der Waals surface area contributed by atoms with E-state index < -0.39 is 16.4 Å². The number of halogens is 2. The zero-order valence-corrected chi connectivity index (χ0v) is 16.9. The standard InChI is InChI=1S/C18H14BrClN4O4/c1-2-3-16-22-14-5-4-11(19)8-12(14)18(26)23(16)21-9-10-6-13(20)17(25)15(7-10)24(27)28/h4-9,25H,2-3H2,1H3. The van der Waals surface area contributed by atoms with Crippen molar-refractivity contribution in [2.45, 2.75) is 19.8 Å². The maximum Gasteiger partial charge on any atom is 0.312 e. The second kappa shape index (κ2) is 8.07. The van der Waals surface area contributed by atoms with Crippen molar-refractivity contribution in [3.63, 3.8) is 0 Å². The number of fused-ring (bicyclic) bond motifs is 1. The van der Waals surface area contributed by atoms with Crippen LogP contribution in [-0.2, 0) is 6.42 Å². The molecule has 2 aromatic carbocycles. The largest absolute Gasteiger partial charge is 0.501 e. The van der Waals surface area contributed by atoms with Gasteiger partial charge >= 0.3 is 5.69 Å². The van der Waals surface area contributed by atoms with Gasteiger partial charge in [0.2, 0.25) is 5.75 Å². The molecule has 144 valence electrons. The molecule has 28 heavy (non-hydrogen) atoms. The van der Waals surface area contributed by atoms with E-state index in [1.807, 2.05) is 6.92 Å². The molecule has 0 saturated heterocycles. The predicted octanol–water partition coefficient (Wildman–Crippen LogP) is 4.26. The Balaban J connectivity index is 2.16. The lowest BCUT2D eigenvalue weighted by atomic mass is 10.2. The van der Waals surface area contributed by atoms with Gasteiger partial charge in [-0.1, -0.05) is 34.5 Å². The van der Waals surface area contributed by atoms with Crippen LogP contribution >= 0.6 is 27.5 Å². The third kappa shape index (κ3) is 3.90. The Morgan fingerprint density at radius 1 is 1.39 bits per heavy atom. The van der Waals surface area contributed by atoms with Crippen LogP contribution in [0.25, 0.3) is 10.9 Å². The first-order valence-electron chi connectivity index (χ1n) is 8.24. The average Bonchev–Trinajstić information content (AvgIpc) is 2.64. The molecule has 0 fully saturated rings. The van der Waals surface area contributed by atoms with Gasteiger partial charge in [0.05, 0.1) is 27.1 Å². The molecule has 0 radical (unpaired) electrons. The van der Waals surface area contributed by atoms with E-state index in [2.05, 4.69) is 26.0 Å². The molecule has 8 nitrogen and oxygen atoms in total. The SMILES string of the molecule is CCCc1nc2ccc(Br)cc2c(=O)n1N=Cc1cc(Cl)c(O)c([N+](=O)[O-])c1. The molecule has 1 aromatic heterocycles.